The largest absolute Gasteiger partial charge is 0.496 e. The molecule has 1 heterocycles. The monoisotopic (exact) mass is 458 g/mol. The van der Waals surface area contributed by atoms with Gasteiger partial charge in [-0.05, 0) is 86.9 Å². The number of methoxy groups -OCH3 is 1. The lowest BCUT2D eigenvalue weighted by molar-refractivity contribution is 0.0936. The van der Waals surface area contributed by atoms with Gasteiger partial charge in [-0.2, -0.15) is 4.31 Å². The minimum atomic E-state index is -3.67. The summed E-state index contributed by atoms with van der Waals surface area (Å²) >= 11 is 0. The van der Waals surface area contributed by atoms with Crippen LogP contribution >= 0.6 is 0 Å². The first kappa shape index (κ1) is 24.3. The highest BCUT2D eigenvalue weighted by atomic mass is 32.2. The van der Waals surface area contributed by atoms with Gasteiger partial charge in [-0.3, -0.25) is 4.79 Å². The SMILES string of the molecule is COc1ccc(S(=O)(=O)N2CCC(C)CC2)cc1C(=O)N[C@@H](C)c1cc(C)c(C)cc1C. The van der Waals surface area contributed by atoms with Crippen molar-refractivity contribution < 1.29 is 17.9 Å². The van der Waals surface area contributed by atoms with Gasteiger partial charge >= 0.3 is 0 Å². The van der Waals surface area contributed by atoms with E-state index in [9.17, 15) is 13.2 Å². The number of ether oxygens (including phenoxy) is 1. The summed E-state index contributed by atoms with van der Waals surface area (Å²) in [5, 5.41) is 3.01. The molecule has 1 aliphatic heterocycles. The number of piperidine rings is 1. The van der Waals surface area contributed by atoms with E-state index in [-0.39, 0.29) is 22.4 Å². The van der Waals surface area contributed by atoms with Gasteiger partial charge in [-0.1, -0.05) is 19.1 Å². The first-order valence-electron chi connectivity index (χ1n) is 11.1. The molecule has 0 spiro atoms. The van der Waals surface area contributed by atoms with Crippen molar-refractivity contribution >= 4 is 15.9 Å². The van der Waals surface area contributed by atoms with E-state index >= 15 is 0 Å². The fourth-order valence-electron chi connectivity index (χ4n) is 4.20. The van der Waals surface area contributed by atoms with Crippen molar-refractivity contribution in [1.29, 1.82) is 0 Å². The maximum atomic E-state index is 13.2. The molecule has 0 aliphatic carbocycles. The smallest absolute Gasteiger partial charge is 0.255 e. The molecule has 0 aromatic heterocycles. The second kappa shape index (κ2) is 9.63. The third kappa shape index (κ3) is 4.99. The molecule has 1 saturated heterocycles. The summed E-state index contributed by atoms with van der Waals surface area (Å²) < 4.78 is 33.2. The number of amides is 1. The van der Waals surface area contributed by atoms with Crippen molar-refractivity contribution in [2.45, 2.75) is 58.4 Å². The molecule has 0 radical (unpaired) electrons. The molecular formula is C25H34N2O4S. The zero-order valence-corrected chi connectivity index (χ0v) is 20.7. The number of benzene rings is 2. The minimum Gasteiger partial charge on any atom is -0.496 e. The van der Waals surface area contributed by atoms with Gasteiger partial charge in [0.25, 0.3) is 5.91 Å². The normalized spacial score (nSPS) is 16.6. The average molecular weight is 459 g/mol. The molecule has 32 heavy (non-hydrogen) atoms. The van der Waals surface area contributed by atoms with Crippen molar-refractivity contribution in [3.05, 3.63) is 58.1 Å². The van der Waals surface area contributed by atoms with Crippen molar-refractivity contribution in [2.75, 3.05) is 20.2 Å². The van der Waals surface area contributed by atoms with Crippen molar-refractivity contribution in [1.82, 2.24) is 9.62 Å². The second-order valence-electron chi connectivity index (χ2n) is 8.94. The molecule has 174 valence electrons. The van der Waals surface area contributed by atoms with Crippen LogP contribution in [0, 0.1) is 26.7 Å². The van der Waals surface area contributed by atoms with Gasteiger partial charge in [-0.15, -0.1) is 0 Å². The van der Waals surface area contributed by atoms with Crippen LogP contribution in [0.1, 0.15) is 65.3 Å². The van der Waals surface area contributed by atoms with Crippen molar-refractivity contribution in [2.24, 2.45) is 5.92 Å². The lowest BCUT2D eigenvalue weighted by Crippen LogP contribution is -2.38. The van der Waals surface area contributed by atoms with Crippen LogP contribution in [-0.4, -0.2) is 38.8 Å². The first-order chi connectivity index (χ1) is 15.0. The Morgan fingerprint density at radius 2 is 1.69 bits per heavy atom. The van der Waals surface area contributed by atoms with Gasteiger partial charge in [-0.25, -0.2) is 8.42 Å². The van der Waals surface area contributed by atoms with E-state index in [0.717, 1.165) is 29.5 Å². The quantitative estimate of drug-likeness (QED) is 0.690. The predicted molar refractivity (Wildman–Crippen MR) is 127 cm³/mol. The third-order valence-corrected chi connectivity index (χ3v) is 8.39. The Balaban J connectivity index is 1.88. The van der Waals surface area contributed by atoms with Gasteiger partial charge in [0.1, 0.15) is 5.75 Å². The number of hydrogen-bond acceptors (Lipinski definition) is 4. The highest BCUT2D eigenvalue weighted by Crippen LogP contribution is 2.28. The number of carbonyl (C=O) groups is 1. The molecular weight excluding hydrogens is 424 g/mol. The van der Waals surface area contributed by atoms with Crippen LogP contribution in [0.25, 0.3) is 0 Å². The van der Waals surface area contributed by atoms with Gasteiger partial charge in [0, 0.05) is 13.1 Å². The Morgan fingerprint density at radius 1 is 1.06 bits per heavy atom. The summed E-state index contributed by atoms with van der Waals surface area (Å²) in [4.78, 5) is 13.3. The van der Waals surface area contributed by atoms with Crippen LogP contribution in [-0.2, 0) is 10.0 Å². The standard InChI is InChI=1S/C25H34N2O4S/c1-16-9-11-27(12-10-16)32(29,30)21-7-8-24(31-6)23(15-21)25(28)26-20(5)22-14-18(3)17(2)13-19(22)4/h7-8,13-16,20H,9-12H2,1-6H3,(H,26,28)/t20-/m0/s1. The Bertz CT molecular complexity index is 1100. The molecule has 1 amide bonds. The summed E-state index contributed by atoms with van der Waals surface area (Å²) in [6.07, 6.45) is 1.69. The molecule has 7 heteroatoms. The number of rotatable bonds is 6. The molecule has 1 N–H and O–H groups in total. The van der Waals surface area contributed by atoms with Crippen LogP contribution in [0.2, 0.25) is 0 Å². The Hall–Kier alpha value is -2.38. The fourth-order valence-corrected chi connectivity index (χ4v) is 5.70. The first-order valence-corrected chi connectivity index (χ1v) is 12.6. The van der Waals surface area contributed by atoms with Crippen molar-refractivity contribution in [3.8, 4) is 5.75 Å². The van der Waals surface area contributed by atoms with Crippen molar-refractivity contribution in [3.63, 3.8) is 0 Å². The van der Waals surface area contributed by atoms with Crippen LogP contribution < -0.4 is 10.1 Å². The molecule has 1 aliphatic rings. The van der Waals surface area contributed by atoms with E-state index in [4.69, 9.17) is 4.74 Å². The van der Waals surface area contributed by atoms with E-state index < -0.39 is 10.0 Å². The van der Waals surface area contributed by atoms with Crippen LogP contribution in [0.15, 0.2) is 35.2 Å². The summed E-state index contributed by atoms with van der Waals surface area (Å²) in [7, 11) is -2.19. The van der Waals surface area contributed by atoms with Gasteiger partial charge in [0.05, 0.1) is 23.6 Å². The number of nitrogens with zero attached hydrogens (tertiary/aromatic N) is 1. The minimum absolute atomic E-state index is 0.119. The van der Waals surface area contributed by atoms with E-state index in [1.165, 1.54) is 29.1 Å². The fraction of sp³-hybridized carbons (Fsp3) is 0.480. The summed E-state index contributed by atoms with van der Waals surface area (Å²) in [5.41, 5.74) is 4.71. The number of hydrogen-bond donors (Lipinski definition) is 1. The average Bonchev–Trinajstić information content (AvgIpc) is 2.75. The molecule has 0 saturated carbocycles. The zero-order chi connectivity index (χ0) is 23.6. The molecule has 0 bridgehead atoms. The molecule has 2 aromatic carbocycles. The summed E-state index contributed by atoms with van der Waals surface area (Å²) in [6, 6.07) is 8.46. The number of carbonyl (C=O) groups excluding carboxylic acids is 1. The van der Waals surface area contributed by atoms with Crippen LogP contribution in [0.3, 0.4) is 0 Å². The highest BCUT2D eigenvalue weighted by molar-refractivity contribution is 7.89. The Morgan fingerprint density at radius 3 is 2.31 bits per heavy atom. The molecule has 0 unspecified atom stereocenters. The topological polar surface area (TPSA) is 75.7 Å². The van der Waals surface area contributed by atoms with E-state index in [2.05, 4.69) is 31.3 Å². The molecule has 2 aromatic rings. The van der Waals surface area contributed by atoms with Crippen LogP contribution in [0.4, 0.5) is 0 Å². The second-order valence-corrected chi connectivity index (χ2v) is 10.9. The predicted octanol–water partition coefficient (Wildman–Crippen LogP) is 4.53. The lowest BCUT2D eigenvalue weighted by atomic mass is 9.96. The summed E-state index contributed by atoms with van der Waals surface area (Å²) in [6.45, 7) is 11.2. The Labute approximate surface area is 192 Å². The van der Waals surface area contributed by atoms with E-state index in [1.54, 1.807) is 6.07 Å². The zero-order valence-electron chi connectivity index (χ0n) is 19.9. The van der Waals surface area contributed by atoms with E-state index in [0.29, 0.717) is 24.8 Å². The molecule has 1 atom stereocenters. The van der Waals surface area contributed by atoms with Gasteiger partial charge < -0.3 is 10.1 Å². The van der Waals surface area contributed by atoms with Gasteiger partial charge in [0.2, 0.25) is 10.0 Å². The maximum Gasteiger partial charge on any atom is 0.255 e. The molecule has 1 fully saturated rings. The lowest BCUT2D eigenvalue weighted by Gasteiger charge is -2.29. The number of nitrogens with one attached hydrogen (secondary N) is 1. The molecule has 6 nitrogen and oxygen atoms in total. The highest BCUT2D eigenvalue weighted by Gasteiger charge is 2.29. The number of aryl methyl sites for hydroxylation is 3. The van der Waals surface area contributed by atoms with E-state index in [1.807, 2.05) is 20.8 Å². The molecule has 3 rings (SSSR count). The third-order valence-electron chi connectivity index (χ3n) is 6.49. The number of sulfonamides is 1. The van der Waals surface area contributed by atoms with Crippen LogP contribution in [0.5, 0.6) is 5.75 Å². The van der Waals surface area contributed by atoms with Gasteiger partial charge in [0.15, 0.2) is 0 Å². The summed E-state index contributed by atoms with van der Waals surface area (Å²) in [5.74, 6) is 0.503. The maximum absolute atomic E-state index is 13.2. The Kier molecular flexibility index (Phi) is 7.30.